The molecule has 3 heterocycles. The van der Waals surface area contributed by atoms with Gasteiger partial charge in [-0.05, 0) is 86.5 Å². The maximum absolute atomic E-state index is 5.45. The van der Waals surface area contributed by atoms with Crippen LogP contribution in [0.25, 0.3) is 66.1 Å². The van der Waals surface area contributed by atoms with Gasteiger partial charge in [0.2, 0.25) is 0 Å². The number of benzene rings is 7. The van der Waals surface area contributed by atoms with Crippen molar-refractivity contribution in [2.24, 2.45) is 4.99 Å². The summed E-state index contributed by atoms with van der Waals surface area (Å²) in [4.78, 5) is 5.45. The van der Waals surface area contributed by atoms with Crippen molar-refractivity contribution in [3.05, 3.63) is 184 Å². The predicted octanol–water partition coefficient (Wildman–Crippen LogP) is 10.9. The SMILES string of the molecule is c1ccc(C2=c3ccccc3=IC(n3c4ccccc4c4cc(-c5ccc6c(c5)c5ccccc5n6-c5ccccc5)ccc43)=N2)cc1. The van der Waals surface area contributed by atoms with Crippen molar-refractivity contribution in [3.8, 4) is 16.8 Å². The van der Waals surface area contributed by atoms with Crippen LogP contribution in [0.1, 0.15) is 5.56 Å². The molecule has 0 radical (unpaired) electrons. The highest BCUT2D eigenvalue weighted by Gasteiger charge is 2.19. The Balaban J connectivity index is 1.17. The Kier molecular flexibility index (Phi) is 6.30. The van der Waals surface area contributed by atoms with E-state index < -0.39 is 20.7 Å². The third-order valence-corrected chi connectivity index (χ3v) is 12.2. The minimum atomic E-state index is -0.510. The van der Waals surface area contributed by atoms with E-state index in [-0.39, 0.29) is 0 Å². The molecule has 48 heavy (non-hydrogen) atoms. The van der Waals surface area contributed by atoms with E-state index in [4.69, 9.17) is 4.99 Å². The molecule has 0 unspecified atom stereocenters. The second kappa shape index (κ2) is 11.0. The molecule has 226 valence electrons. The summed E-state index contributed by atoms with van der Waals surface area (Å²) in [6.45, 7) is 0. The number of aromatic nitrogens is 2. The molecule has 0 bridgehead atoms. The molecule has 2 aromatic heterocycles. The lowest BCUT2D eigenvalue weighted by Gasteiger charge is -2.13. The standard InChI is InChI=1S/C44H28IN3/c1-3-13-29(14-4-1)43-35-19-7-10-20-38(35)45-44(46-43)48-40-22-12-9-18-34(40)37-28-31(24-26-42(37)48)30-23-25-41-36(27-30)33-17-8-11-21-39(33)47(41)32-15-5-2-6-16-32/h1-28H. The molecule has 3 nitrogen and oxygen atoms in total. The Morgan fingerprint density at radius 2 is 0.917 bits per heavy atom. The molecule has 7 aromatic carbocycles. The number of para-hydroxylation sites is 3. The fourth-order valence-electron chi connectivity index (χ4n) is 7.27. The molecule has 0 spiro atoms. The third-order valence-electron chi connectivity index (χ3n) is 9.44. The summed E-state index contributed by atoms with van der Waals surface area (Å²) in [5, 5.41) is 6.29. The lowest BCUT2D eigenvalue weighted by atomic mass is 10.0. The van der Waals surface area contributed by atoms with Crippen molar-refractivity contribution in [3.63, 3.8) is 0 Å². The highest BCUT2D eigenvalue weighted by atomic mass is 127. The molecule has 0 saturated heterocycles. The lowest BCUT2D eigenvalue weighted by molar-refractivity contribution is 1.18. The zero-order chi connectivity index (χ0) is 31.6. The van der Waals surface area contributed by atoms with E-state index >= 15 is 0 Å². The maximum Gasteiger partial charge on any atom is 0.171 e. The predicted molar refractivity (Wildman–Crippen MR) is 210 cm³/mol. The van der Waals surface area contributed by atoms with Crippen LogP contribution in [0, 0.1) is 3.15 Å². The number of aliphatic imine (C=N–C) groups is 1. The van der Waals surface area contributed by atoms with Gasteiger partial charge in [-0.15, -0.1) is 0 Å². The zero-order valence-corrected chi connectivity index (χ0v) is 28.0. The summed E-state index contributed by atoms with van der Waals surface area (Å²) in [6.07, 6.45) is 0. The van der Waals surface area contributed by atoms with Crippen molar-refractivity contribution in [2.45, 2.75) is 0 Å². The third kappa shape index (κ3) is 4.26. The number of hydrogen-bond donors (Lipinski definition) is 0. The molecule has 9 aromatic rings. The molecule has 0 atom stereocenters. The average molecular weight is 726 g/mol. The second-order valence-electron chi connectivity index (χ2n) is 12.2. The molecule has 0 saturated carbocycles. The van der Waals surface area contributed by atoms with E-state index in [0.29, 0.717) is 0 Å². The Bertz CT molecular complexity index is 2880. The molecule has 10 rings (SSSR count). The van der Waals surface area contributed by atoms with Crippen molar-refractivity contribution in [1.29, 1.82) is 0 Å². The molecule has 0 aliphatic carbocycles. The fraction of sp³-hybridized carbons (Fsp3) is 0. The molecule has 1 aliphatic heterocycles. The van der Waals surface area contributed by atoms with Crippen LogP contribution in [0.2, 0.25) is 0 Å². The van der Waals surface area contributed by atoms with Gasteiger partial charge in [-0.3, -0.25) is 4.57 Å². The van der Waals surface area contributed by atoms with Crippen molar-refractivity contribution in [1.82, 2.24) is 9.13 Å². The highest BCUT2D eigenvalue weighted by molar-refractivity contribution is 14.2. The molecular formula is C44H28IN3. The molecular weight excluding hydrogens is 697 g/mol. The highest BCUT2D eigenvalue weighted by Crippen LogP contribution is 2.38. The van der Waals surface area contributed by atoms with Gasteiger partial charge in [-0.25, -0.2) is 4.99 Å². The quantitative estimate of drug-likeness (QED) is 0.162. The number of hydrogen-bond acceptors (Lipinski definition) is 1. The number of halogens is 1. The number of nitrogens with zero attached hydrogens (tertiary/aromatic N) is 3. The van der Waals surface area contributed by atoms with Gasteiger partial charge in [0.25, 0.3) is 0 Å². The van der Waals surface area contributed by atoms with Gasteiger partial charge >= 0.3 is 0 Å². The first-order valence-electron chi connectivity index (χ1n) is 16.2. The first kappa shape index (κ1) is 27.5. The van der Waals surface area contributed by atoms with Crippen LogP contribution < -0.4 is 5.22 Å². The van der Waals surface area contributed by atoms with Crippen LogP contribution in [0.15, 0.2) is 175 Å². The minimum Gasteiger partial charge on any atom is -0.309 e. The normalized spacial score (nSPS) is 13.0. The van der Waals surface area contributed by atoms with Crippen LogP contribution in [0.4, 0.5) is 0 Å². The van der Waals surface area contributed by atoms with Crippen LogP contribution in [-0.2, 0) is 0 Å². The largest absolute Gasteiger partial charge is 0.309 e. The summed E-state index contributed by atoms with van der Waals surface area (Å²) in [7, 11) is 0. The lowest BCUT2D eigenvalue weighted by Crippen LogP contribution is -2.15. The van der Waals surface area contributed by atoms with Crippen LogP contribution in [-0.4, -0.2) is 13.0 Å². The number of rotatable bonds is 3. The first-order chi connectivity index (χ1) is 23.8. The molecule has 0 amide bonds. The van der Waals surface area contributed by atoms with Crippen molar-refractivity contribution in [2.75, 3.05) is 0 Å². The zero-order valence-electron chi connectivity index (χ0n) is 25.9. The van der Waals surface area contributed by atoms with Crippen LogP contribution in [0.3, 0.4) is 0 Å². The molecule has 0 fully saturated rings. The fourth-order valence-corrected chi connectivity index (χ4v) is 10.0. The van der Waals surface area contributed by atoms with Gasteiger partial charge in [0.15, 0.2) is 3.84 Å². The van der Waals surface area contributed by atoms with Gasteiger partial charge in [-0.2, -0.15) is 0 Å². The summed E-state index contributed by atoms with van der Waals surface area (Å²) in [5.41, 5.74) is 10.7. The van der Waals surface area contributed by atoms with Crippen LogP contribution >= 0.6 is 20.7 Å². The molecule has 0 N–H and O–H groups in total. The van der Waals surface area contributed by atoms with E-state index in [9.17, 15) is 0 Å². The Morgan fingerprint density at radius 1 is 0.396 bits per heavy atom. The Hall–Kier alpha value is -5.59. The average Bonchev–Trinajstić information content (AvgIpc) is 3.67. The Morgan fingerprint density at radius 3 is 1.60 bits per heavy atom. The van der Waals surface area contributed by atoms with Crippen LogP contribution in [0.5, 0.6) is 0 Å². The topological polar surface area (TPSA) is 22.2 Å². The minimum absolute atomic E-state index is 0.510. The first-order valence-corrected chi connectivity index (χ1v) is 18.4. The van der Waals surface area contributed by atoms with Gasteiger partial charge in [-0.1, -0.05) is 115 Å². The number of fused-ring (bicyclic) bond motifs is 7. The van der Waals surface area contributed by atoms with Crippen molar-refractivity contribution < 1.29 is 0 Å². The summed E-state index contributed by atoms with van der Waals surface area (Å²) < 4.78 is 7.36. The summed E-state index contributed by atoms with van der Waals surface area (Å²) in [6, 6.07) is 61.5. The van der Waals surface area contributed by atoms with E-state index in [0.717, 1.165) is 15.1 Å². The van der Waals surface area contributed by atoms with E-state index in [1.807, 2.05) is 0 Å². The molecule has 1 aliphatic rings. The van der Waals surface area contributed by atoms with Crippen molar-refractivity contribution >= 4 is 73.9 Å². The summed E-state index contributed by atoms with van der Waals surface area (Å²) in [5.74, 6) is 0. The van der Waals surface area contributed by atoms with Gasteiger partial charge in [0.05, 0.1) is 27.8 Å². The van der Waals surface area contributed by atoms with Gasteiger partial charge < -0.3 is 4.57 Å². The summed E-state index contributed by atoms with van der Waals surface area (Å²) >= 11 is -0.510. The smallest absolute Gasteiger partial charge is 0.171 e. The maximum atomic E-state index is 5.45. The molecule has 4 heteroatoms. The Labute approximate surface area is 287 Å². The van der Waals surface area contributed by atoms with Gasteiger partial charge in [0.1, 0.15) is 0 Å². The monoisotopic (exact) mass is 725 g/mol. The van der Waals surface area contributed by atoms with E-state index in [2.05, 4.69) is 179 Å². The van der Waals surface area contributed by atoms with E-state index in [1.165, 1.54) is 68.8 Å². The van der Waals surface area contributed by atoms with E-state index in [1.54, 1.807) is 0 Å². The second-order valence-corrected chi connectivity index (χ2v) is 14.8. The van der Waals surface area contributed by atoms with Gasteiger partial charge in [0, 0.05) is 41.2 Å².